The van der Waals surface area contributed by atoms with E-state index in [1.807, 2.05) is 31.2 Å². The summed E-state index contributed by atoms with van der Waals surface area (Å²) in [6, 6.07) is 7.80. The number of thioether (sulfide) groups is 1. The molecule has 0 unspecified atom stereocenters. The van der Waals surface area contributed by atoms with Crippen molar-refractivity contribution in [3.05, 3.63) is 29.8 Å². The first kappa shape index (κ1) is 21.3. The van der Waals surface area contributed by atoms with E-state index in [0.29, 0.717) is 9.47 Å². The van der Waals surface area contributed by atoms with Gasteiger partial charge in [0.05, 0.1) is 12.3 Å². The maximum atomic E-state index is 12.1. The van der Waals surface area contributed by atoms with Gasteiger partial charge in [0, 0.05) is 18.7 Å². The number of rotatable bonds is 9. The number of carbonyl (C=O) groups is 3. The normalized spacial score (nSPS) is 13.0. The van der Waals surface area contributed by atoms with Crippen LogP contribution >= 0.6 is 23.1 Å². The molecular weight excluding hydrogens is 410 g/mol. The van der Waals surface area contributed by atoms with Crippen molar-refractivity contribution in [3.63, 3.8) is 0 Å². The molecule has 3 rings (SSSR count). The molecule has 1 aromatic carbocycles. The Kier molecular flexibility index (Phi) is 7.21. The van der Waals surface area contributed by atoms with Crippen LogP contribution in [-0.4, -0.2) is 46.3 Å². The molecule has 0 atom stereocenters. The fourth-order valence-electron chi connectivity index (χ4n) is 2.74. The number of para-hydroxylation sites is 1. The van der Waals surface area contributed by atoms with Crippen molar-refractivity contribution in [3.8, 4) is 0 Å². The third-order valence-corrected chi connectivity index (χ3v) is 6.35. The second-order valence-corrected chi connectivity index (χ2v) is 8.77. The van der Waals surface area contributed by atoms with E-state index in [2.05, 4.69) is 20.8 Å². The molecule has 154 valence electrons. The van der Waals surface area contributed by atoms with Crippen molar-refractivity contribution >= 4 is 51.6 Å². The molecule has 0 saturated heterocycles. The van der Waals surface area contributed by atoms with Crippen molar-refractivity contribution in [2.75, 3.05) is 22.5 Å². The Morgan fingerprint density at radius 1 is 1.21 bits per heavy atom. The maximum Gasteiger partial charge on any atom is 0.243 e. The molecule has 3 amide bonds. The van der Waals surface area contributed by atoms with Crippen LogP contribution in [0.3, 0.4) is 0 Å². The van der Waals surface area contributed by atoms with Gasteiger partial charge in [-0.15, -0.1) is 10.2 Å². The van der Waals surface area contributed by atoms with Crippen LogP contribution in [-0.2, 0) is 20.8 Å². The number of hydrogen-bond acceptors (Lipinski definition) is 7. The second-order valence-electron chi connectivity index (χ2n) is 6.60. The molecule has 1 aromatic heterocycles. The Labute approximate surface area is 177 Å². The van der Waals surface area contributed by atoms with E-state index < -0.39 is 0 Å². The smallest absolute Gasteiger partial charge is 0.243 e. The summed E-state index contributed by atoms with van der Waals surface area (Å²) in [6.45, 7) is 3.44. The van der Waals surface area contributed by atoms with E-state index in [1.165, 1.54) is 30.0 Å². The molecule has 0 aliphatic heterocycles. The van der Waals surface area contributed by atoms with Gasteiger partial charge in [0.25, 0.3) is 0 Å². The minimum atomic E-state index is -0.274. The van der Waals surface area contributed by atoms with Gasteiger partial charge in [-0.05, 0) is 30.9 Å². The summed E-state index contributed by atoms with van der Waals surface area (Å²) in [5, 5.41) is 14.1. The molecule has 1 saturated carbocycles. The quantitative estimate of drug-likeness (QED) is 0.465. The summed E-state index contributed by atoms with van der Waals surface area (Å²) in [7, 11) is 0. The highest BCUT2D eigenvalue weighted by Gasteiger charge is 2.34. The monoisotopic (exact) mass is 433 g/mol. The predicted octanol–water partition coefficient (Wildman–Crippen LogP) is 2.46. The van der Waals surface area contributed by atoms with Crippen molar-refractivity contribution in [1.82, 2.24) is 15.5 Å². The van der Waals surface area contributed by atoms with Gasteiger partial charge in [-0.25, -0.2) is 0 Å². The number of amides is 3. The maximum absolute atomic E-state index is 12.1. The molecule has 1 fully saturated rings. The van der Waals surface area contributed by atoms with Crippen molar-refractivity contribution in [2.45, 2.75) is 43.5 Å². The van der Waals surface area contributed by atoms with E-state index in [4.69, 9.17) is 0 Å². The van der Waals surface area contributed by atoms with Crippen molar-refractivity contribution in [1.29, 1.82) is 0 Å². The van der Waals surface area contributed by atoms with Gasteiger partial charge in [-0.3, -0.25) is 19.3 Å². The molecule has 1 aliphatic carbocycles. The van der Waals surface area contributed by atoms with E-state index in [0.717, 1.165) is 30.5 Å². The first-order chi connectivity index (χ1) is 14.0. The molecule has 8 nitrogen and oxygen atoms in total. The first-order valence-corrected chi connectivity index (χ1v) is 11.2. The summed E-state index contributed by atoms with van der Waals surface area (Å²) in [6.07, 6.45) is 2.77. The highest BCUT2D eigenvalue weighted by Crippen LogP contribution is 2.35. The van der Waals surface area contributed by atoms with Crippen LogP contribution in [0.25, 0.3) is 0 Å². The molecule has 1 aliphatic rings. The first-order valence-electron chi connectivity index (χ1n) is 9.38. The minimum absolute atomic E-state index is 0.0476. The highest BCUT2D eigenvalue weighted by atomic mass is 32.2. The molecule has 29 heavy (non-hydrogen) atoms. The molecule has 0 spiro atoms. The average Bonchev–Trinajstić information content (AvgIpc) is 3.42. The van der Waals surface area contributed by atoms with Gasteiger partial charge in [-0.2, -0.15) is 0 Å². The van der Waals surface area contributed by atoms with Crippen molar-refractivity contribution < 1.29 is 14.4 Å². The number of aryl methyl sites for hydroxylation is 1. The molecule has 2 aromatic rings. The lowest BCUT2D eigenvalue weighted by molar-refractivity contribution is -0.122. The lowest BCUT2D eigenvalue weighted by Gasteiger charge is -2.15. The van der Waals surface area contributed by atoms with E-state index in [-0.39, 0.29) is 36.1 Å². The Balaban J connectivity index is 1.43. The number of anilines is 2. The molecule has 10 heteroatoms. The molecule has 2 N–H and O–H groups in total. The van der Waals surface area contributed by atoms with Gasteiger partial charge in [0.2, 0.25) is 22.9 Å². The van der Waals surface area contributed by atoms with E-state index >= 15 is 0 Å². The molecule has 0 radical (unpaired) electrons. The topological polar surface area (TPSA) is 104 Å². The fraction of sp³-hybridized carbons (Fsp3) is 0.421. The number of hydrogen-bond donors (Lipinski definition) is 2. The predicted molar refractivity (Wildman–Crippen MR) is 114 cm³/mol. The van der Waals surface area contributed by atoms with Crippen molar-refractivity contribution in [2.24, 2.45) is 0 Å². The lowest BCUT2D eigenvalue weighted by Crippen LogP contribution is -2.34. The lowest BCUT2D eigenvalue weighted by atomic mass is 10.1. The van der Waals surface area contributed by atoms with E-state index in [9.17, 15) is 14.4 Å². The van der Waals surface area contributed by atoms with Crippen LogP contribution < -0.4 is 15.5 Å². The third-order valence-electron chi connectivity index (χ3n) is 4.30. The van der Waals surface area contributed by atoms with E-state index in [1.54, 1.807) is 4.90 Å². The summed E-state index contributed by atoms with van der Waals surface area (Å²) in [5.41, 5.74) is 1.80. The number of nitrogens with zero attached hydrogens (tertiary/aromatic N) is 3. The van der Waals surface area contributed by atoms with Gasteiger partial charge >= 0.3 is 0 Å². The zero-order chi connectivity index (χ0) is 20.8. The van der Waals surface area contributed by atoms with Crippen LogP contribution in [0.4, 0.5) is 10.8 Å². The Morgan fingerprint density at radius 3 is 2.66 bits per heavy atom. The summed E-state index contributed by atoms with van der Waals surface area (Å²) in [5.74, 6) is -0.467. The number of benzene rings is 1. The van der Waals surface area contributed by atoms with Crippen LogP contribution in [0, 0.1) is 0 Å². The second kappa shape index (κ2) is 9.84. The average molecular weight is 434 g/mol. The number of aromatic nitrogens is 2. The van der Waals surface area contributed by atoms with Gasteiger partial charge < -0.3 is 10.6 Å². The van der Waals surface area contributed by atoms with Crippen LogP contribution in [0.2, 0.25) is 0 Å². The summed E-state index contributed by atoms with van der Waals surface area (Å²) >= 11 is 2.53. The van der Waals surface area contributed by atoms with Gasteiger partial charge in [0.1, 0.15) is 0 Å². The Bertz CT molecular complexity index is 897. The Hall–Kier alpha value is -2.46. The third kappa shape index (κ3) is 6.01. The highest BCUT2D eigenvalue weighted by molar-refractivity contribution is 8.01. The van der Waals surface area contributed by atoms with Crippen LogP contribution in [0.1, 0.15) is 32.3 Å². The summed E-state index contributed by atoms with van der Waals surface area (Å²) in [4.78, 5) is 37.6. The fourth-order valence-corrected chi connectivity index (χ4v) is 4.53. The van der Waals surface area contributed by atoms with Crippen LogP contribution in [0.15, 0.2) is 28.6 Å². The number of nitrogens with one attached hydrogen (secondary N) is 2. The Morgan fingerprint density at radius 2 is 1.97 bits per heavy atom. The zero-order valence-corrected chi connectivity index (χ0v) is 17.9. The summed E-state index contributed by atoms with van der Waals surface area (Å²) < 4.78 is 0.614. The van der Waals surface area contributed by atoms with Gasteiger partial charge in [-0.1, -0.05) is 48.2 Å². The molecular formula is C19H23N5O3S2. The van der Waals surface area contributed by atoms with Gasteiger partial charge in [0.15, 0.2) is 4.34 Å². The van der Waals surface area contributed by atoms with Crippen LogP contribution in [0.5, 0.6) is 0 Å². The standard InChI is InChI=1S/C19H23N5O3S2/c1-3-13-6-4-5-7-15(13)21-16(26)10-20-17(27)11-28-19-23-22-18(29-19)24(12(2)25)14-8-9-14/h4-7,14H,3,8-11H2,1-2H3,(H,20,27)(H,21,26). The minimum Gasteiger partial charge on any atom is -0.346 e. The SMILES string of the molecule is CCc1ccccc1NC(=O)CNC(=O)CSc1nnc(N(C(C)=O)C2CC2)s1. The largest absolute Gasteiger partial charge is 0.346 e. The molecule has 1 heterocycles. The zero-order valence-electron chi connectivity index (χ0n) is 16.3. The molecule has 0 bridgehead atoms. The number of carbonyl (C=O) groups excluding carboxylic acids is 3.